The first-order valence-corrected chi connectivity index (χ1v) is 7.49. The topological polar surface area (TPSA) is 75.9 Å². The molecule has 24 heavy (non-hydrogen) atoms. The van der Waals surface area contributed by atoms with Crippen LogP contribution in [0.5, 0.6) is 0 Å². The van der Waals surface area contributed by atoms with Gasteiger partial charge in [-0.05, 0) is 23.8 Å². The number of benzene rings is 1. The van der Waals surface area contributed by atoms with Crippen LogP contribution >= 0.6 is 0 Å². The van der Waals surface area contributed by atoms with Gasteiger partial charge in [-0.2, -0.15) is 0 Å². The van der Waals surface area contributed by atoms with Crippen LogP contribution in [0, 0.1) is 0 Å². The molecule has 0 atom stereocenters. The standard InChI is InChI=1S/C17H19N5O2/c1-20(2)12-8-5-11(6-9-12)7-10-13-18-14-15(19-13)21(3)17(24)22(4)16(14)23/h5-10H,1-4H3,(H,18,19)/b10-7+. The van der Waals surface area contributed by atoms with Gasteiger partial charge in [0, 0.05) is 33.9 Å². The Morgan fingerprint density at radius 2 is 1.71 bits per heavy atom. The van der Waals surface area contributed by atoms with Crippen molar-refractivity contribution in [2.24, 2.45) is 14.1 Å². The van der Waals surface area contributed by atoms with Crippen LogP contribution in [0.3, 0.4) is 0 Å². The second-order valence-corrected chi connectivity index (χ2v) is 5.85. The maximum Gasteiger partial charge on any atom is 0.332 e. The van der Waals surface area contributed by atoms with Crippen molar-refractivity contribution in [3.05, 3.63) is 56.5 Å². The Hall–Kier alpha value is -3.09. The number of hydrogen-bond donors (Lipinski definition) is 1. The van der Waals surface area contributed by atoms with Crippen LogP contribution in [-0.4, -0.2) is 33.2 Å². The van der Waals surface area contributed by atoms with Gasteiger partial charge in [-0.25, -0.2) is 9.78 Å². The van der Waals surface area contributed by atoms with E-state index >= 15 is 0 Å². The first kappa shape index (κ1) is 15.8. The molecule has 0 fully saturated rings. The smallest absolute Gasteiger partial charge is 0.332 e. The molecule has 3 aromatic rings. The number of imidazole rings is 1. The van der Waals surface area contributed by atoms with Gasteiger partial charge >= 0.3 is 5.69 Å². The Kier molecular flexibility index (Phi) is 3.84. The van der Waals surface area contributed by atoms with Crippen molar-refractivity contribution in [1.82, 2.24) is 19.1 Å². The lowest BCUT2D eigenvalue weighted by atomic mass is 10.2. The second-order valence-electron chi connectivity index (χ2n) is 5.85. The highest BCUT2D eigenvalue weighted by Crippen LogP contribution is 2.14. The lowest BCUT2D eigenvalue weighted by Crippen LogP contribution is -2.36. The van der Waals surface area contributed by atoms with Crippen molar-refractivity contribution in [2.45, 2.75) is 0 Å². The van der Waals surface area contributed by atoms with Gasteiger partial charge in [-0.15, -0.1) is 0 Å². The largest absolute Gasteiger partial charge is 0.378 e. The van der Waals surface area contributed by atoms with Gasteiger partial charge in [-0.1, -0.05) is 18.2 Å². The monoisotopic (exact) mass is 325 g/mol. The van der Waals surface area contributed by atoms with E-state index in [4.69, 9.17) is 0 Å². The number of H-pyrrole nitrogens is 1. The van der Waals surface area contributed by atoms with Gasteiger partial charge in [-0.3, -0.25) is 13.9 Å². The third-order valence-corrected chi connectivity index (χ3v) is 3.96. The van der Waals surface area contributed by atoms with Crippen LogP contribution in [0.25, 0.3) is 23.3 Å². The van der Waals surface area contributed by atoms with E-state index in [1.165, 1.54) is 11.6 Å². The Bertz CT molecular complexity index is 1040. The van der Waals surface area contributed by atoms with E-state index in [1.807, 2.05) is 49.3 Å². The van der Waals surface area contributed by atoms with E-state index < -0.39 is 5.69 Å². The summed E-state index contributed by atoms with van der Waals surface area (Å²) >= 11 is 0. The number of nitrogens with zero attached hydrogens (tertiary/aromatic N) is 4. The van der Waals surface area contributed by atoms with Crippen LogP contribution < -0.4 is 16.1 Å². The molecule has 0 aliphatic carbocycles. The fraction of sp³-hybridized carbons (Fsp3) is 0.235. The van der Waals surface area contributed by atoms with E-state index in [0.29, 0.717) is 17.0 Å². The first-order chi connectivity index (χ1) is 11.4. The van der Waals surface area contributed by atoms with Gasteiger partial charge in [0.1, 0.15) is 11.3 Å². The number of anilines is 1. The molecule has 0 aliphatic rings. The minimum atomic E-state index is -0.395. The zero-order valence-electron chi connectivity index (χ0n) is 14.1. The summed E-state index contributed by atoms with van der Waals surface area (Å²) in [5.74, 6) is 0.528. The molecule has 124 valence electrons. The summed E-state index contributed by atoms with van der Waals surface area (Å²) in [7, 11) is 7.03. The van der Waals surface area contributed by atoms with Gasteiger partial charge in [0.25, 0.3) is 5.56 Å². The van der Waals surface area contributed by atoms with Crippen molar-refractivity contribution >= 4 is 29.0 Å². The SMILES string of the molecule is CN(C)c1ccc(/C=C/c2nc3c([nH]2)c(=O)n(C)c(=O)n3C)cc1. The highest BCUT2D eigenvalue weighted by molar-refractivity contribution is 5.75. The molecule has 7 nitrogen and oxygen atoms in total. The number of aromatic amines is 1. The van der Waals surface area contributed by atoms with Crippen molar-refractivity contribution in [2.75, 3.05) is 19.0 Å². The molecule has 1 aromatic carbocycles. The Labute approximate surface area is 138 Å². The van der Waals surface area contributed by atoms with Crippen molar-refractivity contribution < 1.29 is 0 Å². The highest BCUT2D eigenvalue weighted by atomic mass is 16.2. The van der Waals surface area contributed by atoms with Crippen LogP contribution in [-0.2, 0) is 14.1 Å². The summed E-state index contributed by atoms with van der Waals surface area (Å²) in [5, 5.41) is 0. The average molecular weight is 325 g/mol. The van der Waals surface area contributed by atoms with Crippen LogP contribution in [0.1, 0.15) is 11.4 Å². The molecule has 0 aliphatic heterocycles. The van der Waals surface area contributed by atoms with Crippen molar-refractivity contribution in [3.8, 4) is 0 Å². The van der Waals surface area contributed by atoms with E-state index in [9.17, 15) is 9.59 Å². The van der Waals surface area contributed by atoms with E-state index in [0.717, 1.165) is 15.8 Å². The fourth-order valence-corrected chi connectivity index (χ4v) is 2.48. The molecule has 0 saturated heterocycles. The third kappa shape index (κ3) is 2.64. The molecular weight excluding hydrogens is 306 g/mol. The number of aromatic nitrogens is 4. The lowest BCUT2D eigenvalue weighted by Gasteiger charge is -2.11. The Morgan fingerprint density at radius 1 is 1.04 bits per heavy atom. The molecule has 1 N–H and O–H groups in total. The zero-order chi connectivity index (χ0) is 17.4. The summed E-state index contributed by atoms with van der Waals surface area (Å²) in [6, 6.07) is 8.06. The fourth-order valence-electron chi connectivity index (χ4n) is 2.48. The van der Waals surface area contributed by atoms with Gasteiger partial charge in [0.05, 0.1) is 0 Å². The molecule has 3 rings (SSSR count). The van der Waals surface area contributed by atoms with Crippen molar-refractivity contribution in [3.63, 3.8) is 0 Å². The van der Waals surface area contributed by atoms with Gasteiger partial charge in [0.2, 0.25) is 0 Å². The molecular formula is C17H19N5O2. The van der Waals surface area contributed by atoms with E-state index in [1.54, 1.807) is 13.1 Å². The minimum Gasteiger partial charge on any atom is -0.378 e. The summed E-state index contributed by atoms with van der Waals surface area (Å²) in [4.78, 5) is 33.4. The minimum absolute atomic E-state index is 0.321. The van der Waals surface area contributed by atoms with Crippen LogP contribution in [0.15, 0.2) is 33.9 Å². The Morgan fingerprint density at radius 3 is 2.33 bits per heavy atom. The van der Waals surface area contributed by atoms with Crippen LogP contribution in [0.4, 0.5) is 5.69 Å². The lowest BCUT2D eigenvalue weighted by molar-refractivity contribution is 0.709. The summed E-state index contributed by atoms with van der Waals surface area (Å²) in [6.07, 6.45) is 3.69. The molecule has 0 unspecified atom stereocenters. The Balaban J connectivity index is 1.99. The molecule has 0 saturated carbocycles. The van der Waals surface area contributed by atoms with Gasteiger partial charge < -0.3 is 9.88 Å². The summed E-state index contributed by atoms with van der Waals surface area (Å²) in [5.41, 5.74) is 2.04. The number of fused-ring (bicyclic) bond motifs is 1. The molecule has 0 spiro atoms. The third-order valence-electron chi connectivity index (χ3n) is 3.96. The molecule has 2 heterocycles. The normalized spacial score (nSPS) is 11.5. The number of rotatable bonds is 3. The first-order valence-electron chi connectivity index (χ1n) is 7.49. The summed E-state index contributed by atoms with van der Waals surface area (Å²) in [6.45, 7) is 0. The number of nitrogens with one attached hydrogen (secondary N) is 1. The van der Waals surface area contributed by atoms with E-state index in [2.05, 4.69) is 9.97 Å². The molecule has 0 radical (unpaired) electrons. The highest BCUT2D eigenvalue weighted by Gasteiger charge is 2.12. The molecule has 0 bridgehead atoms. The number of aryl methyl sites for hydroxylation is 1. The maximum absolute atomic E-state index is 12.1. The maximum atomic E-state index is 12.1. The number of hydrogen-bond acceptors (Lipinski definition) is 4. The van der Waals surface area contributed by atoms with Crippen LogP contribution in [0.2, 0.25) is 0 Å². The quantitative estimate of drug-likeness (QED) is 0.785. The van der Waals surface area contributed by atoms with Gasteiger partial charge in [0.15, 0.2) is 5.65 Å². The molecule has 0 amide bonds. The predicted molar refractivity (Wildman–Crippen MR) is 96.3 cm³/mol. The second kappa shape index (κ2) is 5.84. The van der Waals surface area contributed by atoms with E-state index in [-0.39, 0.29) is 5.56 Å². The summed E-state index contributed by atoms with van der Waals surface area (Å²) < 4.78 is 2.42. The van der Waals surface area contributed by atoms with Crippen molar-refractivity contribution in [1.29, 1.82) is 0 Å². The predicted octanol–water partition coefficient (Wildman–Crippen LogP) is 1.20. The average Bonchev–Trinajstić information content (AvgIpc) is 3.01. The zero-order valence-corrected chi connectivity index (χ0v) is 14.1. The molecule has 2 aromatic heterocycles. The molecule has 7 heteroatoms.